The van der Waals surface area contributed by atoms with E-state index < -0.39 is 6.23 Å². The Hall–Kier alpha value is -1.97. The molecule has 0 aromatic heterocycles. The number of amides is 1. The van der Waals surface area contributed by atoms with E-state index in [4.69, 9.17) is 0 Å². The van der Waals surface area contributed by atoms with Crippen LogP contribution in [0.3, 0.4) is 0 Å². The Morgan fingerprint density at radius 3 is 2.78 bits per heavy atom. The van der Waals surface area contributed by atoms with Crippen LogP contribution < -0.4 is 27.1 Å². The van der Waals surface area contributed by atoms with Gasteiger partial charge in [-0.15, -0.1) is 0 Å². The summed E-state index contributed by atoms with van der Waals surface area (Å²) in [6.45, 7) is 0. The number of benzene rings is 1. The Bertz CT molecular complexity index is 741. The van der Waals surface area contributed by atoms with Crippen molar-refractivity contribution in [1.29, 1.82) is 0 Å². The molecule has 6 N–H and O–H groups in total. The van der Waals surface area contributed by atoms with E-state index in [1.165, 1.54) is 0 Å². The van der Waals surface area contributed by atoms with E-state index in [-0.39, 0.29) is 18.0 Å². The summed E-state index contributed by atoms with van der Waals surface area (Å²) in [5.74, 6) is 0.132. The molecule has 3 aliphatic heterocycles. The molecule has 0 spiro atoms. The molecule has 27 heavy (non-hydrogen) atoms. The summed E-state index contributed by atoms with van der Waals surface area (Å²) in [5.41, 5.74) is 14.6. The minimum Gasteiger partial charge on any atom is -0.376 e. The largest absolute Gasteiger partial charge is 0.376 e. The summed E-state index contributed by atoms with van der Waals surface area (Å²) < 4.78 is 0. The number of hydrogen-bond acceptors (Lipinski definition) is 7. The van der Waals surface area contributed by atoms with Crippen LogP contribution in [0.1, 0.15) is 24.8 Å². The molecule has 2 saturated heterocycles. The second-order valence-corrected chi connectivity index (χ2v) is 7.96. The minimum absolute atomic E-state index is 0.0823. The number of nitrogens with zero attached hydrogens (tertiary/aromatic N) is 1. The molecule has 8 nitrogen and oxygen atoms in total. The van der Waals surface area contributed by atoms with E-state index in [0.717, 1.165) is 30.5 Å². The molecule has 3 fully saturated rings. The summed E-state index contributed by atoms with van der Waals surface area (Å²) in [7, 11) is 0. The van der Waals surface area contributed by atoms with Gasteiger partial charge in [-0.25, -0.2) is 21.3 Å². The SMILES string of the molecule is O=C1C=C(C2CCC3NNNC3C2)NC2C(Cc3ccccc3)C(O)NN12. The zero-order valence-electron chi connectivity index (χ0n) is 15.1. The number of nitrogens with one attached hydrogen (secondary N) is 5. The molecule has 3 heterocycles. The minimum atomic E-state index is -0.750. The molecule has 8 heteroatoms. The highest BCUT2D eigenvalue weighted by molar-refractivity contribution is 5.89. The van der Waals surface area contributed by atoms with Crippen molar-refractivity contribution in [3.8, 4) is 0 Å². The number of carbonyl (C=O) groups is 1. The summed E-state index contributed by atoms with van der Waals surface area (Å²) in [6.07, 6.45) is 4.48. The third kappa shape index (κ3) is 3.13. The van der Waals surface area contributed by atoms with Crippen molar-refractivity contribution in [2.24, 2.45) is 11.8 Å². The molecule has 4 aliphatic rings. The highest BCUT2D eigenvalue weighted by Crippen LogP contribution is 2.34. The number of fused-ring (bicyclic) bond motifs is 2. The summed E-state index contributed by atoms with van der Waals surface area (Å²) in [4.78, 5) is 12.7. The topological polar surface area (TPSA) is 101 Å². The lowest BCUT2D eigenvalue weighted by molar-refractivity contribution is -0.132. The first kappa shape index (κ1) is 17.2. The number of hydrazine groups is 3. The van der Waals surface area contributed by atoms with Gasteiger partial charge >= 0.3 is 0 Å². The van der Waals surface area contributed by atoms with Crippen LogP contribution in [0.5, 0.6) is 0 Å². The molecule has 144 valence electrons. The van der Waals surface area contributed by atoms with Gasteiger partial charge in [0.15, 0.2) is 0 Å². The third-order valence-electron chi connectivity index (χ3n) is 6.31. The third-order valence-corrected chi connectivity index (χ3v) is 6.31. The zero-order chi connectivity index (χ0) is 18.4. The van der Waals surface area contributed by atoms with Crippen molar-refractivity contribution >= 4 is 5.91 Å². The van der Waals surface area contributed by atoms with Crippen molar-refractivity contribution in [3.05, 3.63) is 47.7 Å². The van der Waals surface area contributed by atoms with E-state index in [1.807, 2.05) is 18.2 Å². The van der Waals surface area contributed by atoms with Crippen molar-refractivity contribution in [2.75, 3.05) is 0 Å². The van der Waals surface area contributed by atoms with Crippen LogP contribution >= 0.6 is 0 Å². The van der Waals surface area contributed by atoms with Crippen LogP contribution in [0, 0.1) is 11.8 Å². The molecule has 1 amide bonds. The van der Waals surface area contributed by atoms with E-state index in [0.29, 0.717) is 24.4 Å². The molecular weight excluding hydrogens is 344 g/mol. The summed E-state index contributed by atoms with van der Waals surface area (Å²) >= 11 is 0. The van der Waals surface area contributed by atoms with Crippen LogP contribution in [0.4, 0.5) is 0 Å². The first-order valence-electron chi connectivity index (χ1n) is 9.74. The number of carbonyl (C=O) groups excluding carboxylic acids is 1. The molecule has 6 atom stereocenters. The van der Waals surface area contributed by atoms with Gasteiger partial charge in [-0.3, -0.25) is 4.79 Å². The van der Waals surface area contributed by atoms with E-state index in [2.05, 4.69) is 39.3 Å². The number of allylic oxidation sites excluding steroid dienone is 1. The van der Waals surface area contributed by atoms with Crippen molar-refractivity contribution in [3.63, 3.8) is 0 Å². The molecular formula is C19H26N6O2. The highest BCUT2D eigenvalue weighted by Gasteiger charge is 2.46. The van der Waals surface area contributed by atoms with Crippen LogP contribution in [0.2, 0.25) is 0 Å². The molecule has 0 bridgehead atoms. The van der Waals surface area contributed by atoms with Gasteiger partial charge in [-0.1, -0.05) is 30.3 Å². The van der Waals surface area contributed by atoms with Crippen molar-refractivity contribution in [2.45, 2.75) is 50.2 Å². The Kier molecular flexibility index (Phi) is 4.37. The highest BCUT2D eigenvalue weighted by atomic mass is 16.3. The Labute approximate surface area is 158 Å². The number of rotatable bonds is 3. The number of hydrogen-bond donors (Lipinski definition) is 6. The Morgan fingerprint density at radius 1 is 1.11 bits per heavy atom. The van der Waals surface area contributed by atoms with Gasteiger partial charge in [-0.05, 0) is 31.2 Å². The predicted octanol–water partition coefficient (Wildman–Crippen LogP) is -0.527. The van der Waals surface area contributed by atoms with Gasteiger partial charge in [0.05, 0.1) is 0 Å². The van der Waals surface area contributed by atoms with Crippen LogP contribution in [0.25, 0.3) is 0 Å². The second-order valence-electron chi connectivity index (χ2n) is 7.96. The lowest BCUT2D eigenvalue weighted by Crippen LogP contribution is -2.55. The summed E-state index contributed by atoms with van der Waals surface area (Å²) in [5, 5.41) is 15.6. The lowest BCUT2D eigenvalue weighted by Gasteiger charge is -2.38. The lowest BCUT2D eigenvalue weighted by atomic mass is 9.80. The van der Waals surface area contributed by atoms with Crippen LogP contribution in [-0.2, 0) is 11.2 Å². The maximum Gasteiger partial charge on any atom is 0.264 e. The average Bonchev–Trinajstić information content (AvgIpc) is 3.27. The predicted molar refractivity (Wildman–Crippen MR) is 99.0 cm³/mol. The average molecular weight is 370 g/mol. The Balaban J connectivity index is 1.33. The smallest absolute Gasteiger partial charge is 0.264 e. The molecule has 6 unspecified atom stereocenters. The summed E-state index contributed by atoms with van der Waals surface area (Å²) in [6, 6.07) is 10.9. The zero-order valence-corrected chi connectivity index (χ0v) is 15.1. The van der Waals surface area contributed by atoms with Gasteiger partial charge < -0.3 is 10.4 Å². The van der Waals surface area contributed by atoms with Gasteiger partial charge in [-0.2, -0.15) is 5.53 Å². The standard InChI is InChI=1S/C19H26N6O2/c26-17-10-15(12-6-7-14-16(9-12)22-24-21-14)20-18-13(19(27)23-25(17)18)8-11-4-2-1-3-5-11/h1-5,10,12-14,16,18-24,27H,6-9H2. The fraction of sp³-hybridized carbons (Fsp3) is 0.526. The van der Waals surface area contributed by atoms with Gasteiger partial charge in [0.1, 0.15) is 12.4 Å². The molecule has 1 aromatic rings. The first-order valence-corrected chi connectivity index (χ1v) is 9.74. The maximum atomic E-state index is 12.7. The fourth-order valence-electron chi connectivity index (χ4n) is 4.83. The maximum absolute atomic E-state index is 12.7. The van der Waals surface area contributed by atoms with Gasteiger partial charge in [0.2, 0.25) is 0 Å². The number of aliphatic hydroxyl groups is 1. The molecule has 1 aromatic carbocycles. The second kappa shape index (κ2) is 6.88. The quantitative estimate of drug-likeness (QED) is 0.426. The van der Waals surface area contributed by atoms with Crippen molar-refractivity contribution in [1.82, 2.24) is 32.1 Å². The molecule has 1 aliphatic carbocycles. The molecule has 0 radical (unpaired) electrons. The normalized spacial score (nSPS) is 38.2. The van der Waals surface area contributed by atoms with E-state index >= 15 is 0 Å². The van der Waals surface area contributed by atoms with Gasteiger partial charge in [0.25, 0.3) is 5.91 Å². The van der Waals surface area contributed by atoms with E-state index in [9.17, 15) is 9.90 Å². The molecule has 5 rings (SSSR count). The van der Waals surface area contributed by atoms with Gasteiger partial charge in [0, 0.05) is 35.7 Å². The first-order chi connectivity index (χ1) is 13.2. The van der Waals surface area contributed by atoms with E-state index in [1.54, 1.807) is 11.1 Å². The Morgan fingerprint density at radius 2 is 1.93 bits per heavy atom. The monoisotopic (exact) mass is 370 g/mol. The molecule has 1 saturated carbocycles. The number of aliphatic hydroxyl groups excluding tert-OH is 1. The fourth-order valence-corrected chi connectivity index (χ4v) is 4.83. The van der Waals surface area contributed by atoms with Crippen LogP contribution in [-0.4, -0.2) is 40.5 Å². The van der Waals surface area contributed by atoms with Crippen LogP contribution in [0.15, 0.2) is 42.1 Å². The van der Waals surface area contributed by atoms with Crippen molar-refractivity contribution < 1.29 is 9.90 Å².